The Bertz CT molecular complexity index is 1280. The molecule has 0 unspecified atom stereocenters. The molecule has 0 spiro atoms. The van der Waals surface area contributed by atoms with Crippen molar-refractivity contribution >= 4 is 27.3 Å². The lowest BCUT2D eigenvalue weighted by Crippen LogP contribution is -2.35. The van der Waals surface area contributed by atoms with Crippen LogP contribution in [-0.4, -0.2) is 38.1 Å². The van der Waals surface area contributed by atoms with E-state index in [4.69, 9.17) is 16.3 Å². The van der Waals surface area contributed by atoms with E-state index in [2.05, 4.69) is 35.6 Å². The monoisotopic (exact) mass is 513 g/mol. The number of rotatable bonds is 8. The summed E-state index contributed by atoms with van der Waals surface area (Å²) in [5, 5.41) is 0.498. The quantitative estimate of drug-likeness (QED) is 0.365. The molecule has 0 saturated carbocycles. The second kappa shape index (κ2) is 11.0. The molecule has 0 bridgehead atoms. The highest BCUT2D eigenvalue weighted by molar-refractivity contribution is 7.90. The Balaban J connectivity index is 1.60. The topological polar surface area (TPSA) is 72.4 Å². The average Bonchev–Trinajstić information content (AvgIpc) is 2.84. The molecule has 0 radical (unpaired) electrons. The molecule has 4 rings (SSSR count). The predicted molar refractivity (Wildman–Crippen MR) is 141 cm³/mol. The van der Waals surface area contributed by atoms with Gasteiger partial charge in [0.15, 0.2) is 5.03 Å². The molecular formula is C27H32ClN3O3S. The van der Waals surface area contributed by atoms with Gasteiger partial charge in [0, 0.05) is 18.7 Å². The molecule has 8 heteroatoms. The SMILES string of the molecule is CC(C)COc1ccccc1-c1nc(CS(=O)(=O)c2cccc(N3CCC[C@H](C)C3)n2)ccc1Cl. The van der Waals surface area contributed by atoms with E-state index in [1.807, 2.05) is 30.3 Å². The number of halogens is 1. The van der Waals surface area contributed by atoms with E-state index in [0.29, 0.717) is 46.4 Å². The Kier molecular flexibility index (Phi) is 7.97. The number of pyridine rings is 2. The van der Waals surface area contributed by atoms with Crippen LogP contribution in [0.5, 0.6) is 5.75 Å². The summed E-state index contributed by atoms with van der Waals surface area (Å²) < 4.78 is 32.6. The minimum Gasteiger partial charge on any atom is -0.493 e. The van der Waals surface area contributed by atoms with Gasteiger partial charge in [-0.2, -0.15) is 0 Å². The highest BCUT2D eigenvalue weighted by atomic mass is 35.5. The molecule has 35 heavy (non-hydrogen) atoms. The van der Waals surface area contributed by atoms with Crippen molar-refractivity contribution in [1.82, 2.24) is 9.97 Å². The van der Waals surface area contributed by atoms with Gasteiger partial charge in [-0.05, 0) is 61.1 Å². The Labute approximate surface area is 213 Å². The summed E-state index contributed by atoms with van der Waals surface area (Å²) in [6.45, 7) is 8.70. The van der Waals surface area contributed by atoms with Gasteiger partial charge in [-0.25, -0.2) is 13.4 Å². The third-order valence-electron chi connectivity index (χ3n) is 5.96. The van der Waals surface area contributed by atoms with Gasteiger partial charge in [-0.15, -0.1) is 0 Å². The van der Waals surface area contributed by atoms with Gasteiger partial charge < -0.3 is 9.64 Å². The van der Waals surface area contributed by atoms with E-state index in [1.165, 1.54) is 6.42 Å². The maximum atomic E-state index is 13.3. The van der Waals surface area contributed by atoms with Crippen molar-refractivity contribution in [3.05, 3.63) is 65.3 Å². The average molecular weight is 514 g/mol. The van der Waals surface area contributed by atoms with Gasteiger partial charge in [-0.3, -0.25) is 4.98 Å². The number of hydrogen-bond donors (Lipinski definition) is 0. The molecule has 186 valence electrons. The maximum absolute atomic E-state index is 13.3. The van der Waals surface area contributed by atoms with Crippen LogP contribution in [0.25, 0.3) is 11.3 Å². The molecule has 6 nitrogen and oxygen atoms in total. The van der Waals surface area contributed by atoms with Crippen LogP contribution in [-0.2, 0) is 15.6 Å². The van der Waals surface area contributed by atoms with Crippen LogP contribution >= 0.6 is 11.6 Å². The molecule has 1 atom stereocenters. The van der Waals surface area contributed by atoms with E-state index in [9.17, 15) is 8.42 Å². The number of aromatic nitrogens is 2. The summed E-state index contributed by atoms with van der Waals surface area (Å²) >= 11 is 6.49. The first kappa shape index (κ1) is 25.5. The first-order valence-corrected chi connectivity index (χ1v) is 14.1. The smallest absolute Gasteiger partial charge is 0.201 e. The number of nitrogens with zero attached hydrogens (tertiary/aromatic N) is 3. The van der Waals surface area contributed by atoms with Crippen LogP contribution in [0.3, 0.4) is 0 Å². The highest BCUT2D eigenvalue weighted by Crippen LogP contribution is 2.34. The van der Waals surface area contributed by atoms with Gasteiger partial charge in [0.1, 0.15) is 11.6 Å². The number of sulfone groups is 1. The maximum Gasteiger partial charge on any atom is 0.201 e. The van der Waals surface area contributed by atoms with Gasteiger partial charge in [0.2, 0.25) is 9.84 Å². The van der Waals surface area contributed by atoms with Crippen LogP contribution in [0.15, 0.2) is 59.6 Å². The fourth-order valence-electron chi connectivity index (χ4n) is 4.22. The third-order valence-corrected chi connectivity index (χ3v) is 7.81. The number of piperidine rings is 1. The Morgan fingerprint density at radius 1 is 1.09 bits per heavy atom. The molecule has 0 N–H and O–H groups in total. The first-order valence-electron chi connectivity index (χ1n) is 12.1. The zero-order valence-corrected chi connectivity index (χ0v) is 22.0. The lowest BCUT2D eigenvalue weighted by atomic mass is 10.0. The standard InChI is InChI=1S/C27H32ClN3O3S/c1-19(2)17-34-24-10-5-4-9-22(24)27-23(28)14-13-21(29-27)18-35(32,33)26-12-6-11-25(30-26)31-15-7-8-20(3)16-31/h4-6,9-14,19-20H,7-8,15-18H2,1-3H3/t20-/m0/s1. The molecule has 3 heterocycles. The molecule has 1 saturated heterocycles. The van der Waals surface area contributed by atoms with E-state index in [0.717, 1.165) is 25.1 Å². The molecule has 1 aromatic carbocycles. The van der Waals surface area contributed by atoms with Crippen molar-refractivity contribution in [2.45, 2.75) is 44.4 Å². The van der Waals surface area contributed by atoms with Crippen LogP contribution in [0.4, 0.5) is 5.82 Å². The summed E-state index contributed by atoms with van der Waals surface area (Å²) in [5.41, 5.74) is 1.64. The van der Waals surface area contributed by atoms with Gasteiger partial charge in [0.25, 0.3) is 0 Å². The largest absolute Gasteiger partial charge is 0.493 e. The minimum atomic E-state index is -3.71. The predicted octanol–water partition coefficient (Wildman–Crippen LogP) is 6.04. The van der Waals surface area contributed by atoms with Crippen molar-refractivity contribution in [2.75, 3.05) is 24.6 Å². The molecular weight excluding hydrogens is 482 g/mol. The van der Waals surface area contributed by atoms with Crippen LogP contribution in [0, 0.1) is 11.8 Å². The molecule has 1 aliphatic heterocycles. The second-order valence-corrected chi connectivity index (χ2v) is 12.0. The van der Waals surface area contributed by atoms with Crippen molar-refractivity contribution in [1.29, 1.82) is 0 Å². The summed E-state index contributed by atoms with van der Waals surface area (Å²) in [6.07, 6.45) is 2.27. The van der Waals surface area contributed by atoms with Gasteiger partial charge in [0.05, 0.1) is 28.8 Å². The third kappa shape index (κ3) is 6.33. The van der Waals surface area contributed by atoms with Gasteiger partial charge >= 0.3 is 0 Å². The highest BCUT2D eigenvalue weighted by Gasteiger charge is 2.23. The Morgan fingerprint density at radius 2 is 1.89 bits per heavy atom. The summed E-state index contributed by atoms with van der Waals surface area (Å²) in [6, 6.07) is 16.1. The number of anilines is 1. The zero-order valence-electron chi connectivity index (χ0n) is 20.4. The molecule has 3 aromatic rings. The molecule has 0 aliphatic carbocycles. The molecule has 0 amide bonds. The molecule has 1 aliphatic rings. The Hall–Kier alpha value is -2.64. The first-order chi connectivity index (χ1) is 16.7. The minimum absolute atomic E-state index is 0.0622. The van der Waals surface area contributed by atoms with Crippen molar-refractivity contribution < 1.29 is 13.2 Å². The molecule has 2 aromatic heterocycles. The van der Waals surface area contributed by atoms with Crippen molar-refractivity contribution in [3.8, 4) is 17.0 Å². The Morgan fingerprint density at radius 3 is 2.66 bits per heavy atom. The second-order valence-electron chi connectivity index (χ2n) is 9.62. The summed E-state index contributed by atoms with van der Waals surface area (Å²) in [4.78, 5) is 11.3. The lowest BCUT2D eigenvalue weighted by molar-refractivity contribution is 0.272. The zero-order chi connectivity index (χ0) is 25.0. The number of para-hydroxylation sites is 1. The lowest BCUT2D eigenvalue weighted by Gasteiger charge is -2.32. The molecule has 1 fully saturated rings. The number of benzene rings is 1. The van der Waals surface area contributed by atoms with E-state index >= 15 is 0 Å². The number of ether oxygens (including phenoxy) is 1. The summed E-state index contributed by atoms with van der Waals surface area (Å²) in [5.74, 6) is 2.03. The van der Waals surface area contributed by atoms with Crippen LogP contribution in [0.1, 0.15) is 39.3 Å². The fourth-order valence-corrected chi connectivity index (χ4v) is 5.64. The number of hydrogen-bond acceptors (Lipinski definition) is 6. The van der Waals surface area contributed by atoms with Gasteiger partial charge in [-0.1, -0.05) is 50.6 Å². The van der Waals surface area contributed by atoms with E-state index in [1.54, 1.807) is 24.3 Å². The van der Waals surface area contributed by atoms with E-state index < -0.39 is 9.84 Å². The van der Waals surface area contributed by atoms with Crippen LogP contribution < -0.4 is 9.64 Å². The fraction of sp³-hybridized carbons (Fsp3) is 0.407. The van der Waals surface area contributed by atoms with E-state index in [-0.39, 0.29) is 10.8 Å². The normalized spacial score (nSPS) is 16.5. The van der Waals surface area contributed by atoms with Crippen LogP contribution in [0.2, 0.25) is 5.02 Å². The van der Waals surface area contributed by atoms with Crippen molar-refractivity contribution in [3.63, 3.8) is 0 Å². The van der Waals surface area contributed by atoms with Crippen molar-refractivity contribution in [2.24, 2.45) is 11.8 Å². The summed E-state index contributed by atoms with van der Waals surface area (Å²) in [7, 11) is -3.71.